The van der Waals surface area contributed by atoms with Crippen molar-refractivity contribution >= 4 is 0 Å². The summed E-state index contributed by atoms with van der Waals surface area (Å²) in [4.78, 5) is 4.19. The monoisotopic (exact) mass is 218 g/mol. The number of nitrogens with zero attached hydrogens (tertiary/aromatic N) is 1. The molecule has 0 radical (unpaired) electrons. The minimum atomic E-state index is 0.620. The van der Waals surface area contributed by atoms with Crippen LogP contribution in [0.4, 0.5) is 0 Å². The number of rotatable bonds is 4. The van der Waals surface area contributed by atoms with Crippen LogP contribution < -0.4 is 5.32 Å². The number of aromatic nitrogens is 1. The number of nitrogens with one attached hydrogen (secondary N) is 1. The van der Waals surface area contributed by atoms with Crippen molar-refractivity contribution in [2.45, 2.75) is 38.6 Å². The second-order valence-electron chi connectivity index (χ2n) is 5.14. The molecule has 1 saturated carbocycles. The van der Waals surface area contributed by atoms with E-state index in [1.54, 1.807) is 0 Å². The Labute approximate surface area is 98.5 Å². The molecule has 16 heavy (non-hydrogen) atoms. The van der Waals surface area contributed by atoms with E-state index in [2.05, 4.69) is 30.3 Å². The third kappa shape index (κ3) is 2.82. The molecule has 0 bridgehead atoms. The van der Waals surface area contributed by atoms with E-state index < -0.39 is 0 Å². The summed E-state index contributed by atoms with van der Waals surface area (Å²) in [6, 6.07) is 4.82. The van der Waals surface area contributed by atoms with E-state index in [1.807, 2.05) is 18.5 Å². The van der Waals surface area contributed by atoms with E-state index in [4.69, 9.17) is 0 Å². The van der Waals surface area contributed by atoms with Crippen LogP contribution in [0.5, 0.6) is 0 Å². The first-order valence-corrected chi connectivity index (χ1v) is 6.35. The second-order valence-corrected chi connectivity index (χ2v) is 5.14. The highest BCUT2D eigenvalue weighted by molar-refractivity contribution is 5.10. The molecule has 0 aromatic carbocycles. The van der Waals surface area contributed by atoms with Gasteiger partial charge in [0.05, 0.1) is 0 Å². The quantitative estimate of drug-likeness (QED) is 0.840. The van der Waals surface area contributed by atoms with Crippen LogP contribution in [0.15, 0.2) is 24.5 Å². The summed E-state index contributed by atoms with van der Waals surface area (Å²) in [5.41, 5.74) is 1.35. The van der Waals surface area contributed by atoms with Crippen molar-refractivity contribution < 1.29 is 0 Å². The Morgan fingerprint density at radius 1 is 1.50 bits per heavy atom. The smallest absolute Gasteiger partial charge is 0.0300 e. The standard InChI is InChI=1S/C14H22N2/c1-11-5-6-13(8-11)14(15-2)9-12-4-3-7-16-10-12/h3-4,7,10-11,13-15H,5-6,8-9H2,1-2H3. The van der Waals surface area contributed by atoms with Crippen molar-refractivity contribution in [3.63, 3.8) is 0 Å². The van der Waals surface area contributed by atoms with Gasteiger partial charge in [-0.2, -0.15) is 0 Å². The van der Waals surface area contributed by atoms with E-state index in [-0.39, 0.29) is 0 Å². The summed E-state index contributed by atoms with van der Waals surface area (Å²) in [7, 11) is 2.09. The minimum absolute atomic E-state index is 0.620. The normalized spacial score (nSPS) is 26.9. The van der Waals surface area contributed by atoms with Crippen molar-refractivity contribution in [3.05, 3.63) is 30.1 Å². The Hall–Kier alpha value is -0.890. The molecule has 0 saturated heterocycles. The third-order valence-corrected chi connectivity index (χ3v) is 3.85. The van der Waals surface area contributed by atoms with Gasteiger partial charge in [0.15, 0.2) is 0 Å². The van der Waals surface area contributed by atoms with Gasteiger partial charge in [0.2, 0.25) is 0 Å². The number of hydrogen-bond donors (Lipinski definition) is 1. The lowest BCUT2D eigenvalue weighted by atomic mass is 9.92. The molecule has 1 aliphatic rings. The molecule has 88 valence electrons. The Bertz CT molecular complexity index is 310. The molecule has 2 nitrogen and oxygen atoms in total. The topological polar surface area (TPSA) is 24.9 Å². The number of likely N-dealkylation sites (N-methyl/N-ethyl adjacent to an activating group) is 1. The van der Waals surface area contributed by atoms with Crippen molar-refractivity contribution in [3.8, 4) is 0 Å². The summed E-state index contributed by atoms with van der Waals surface area (Å²) in [6.07, 6.45) is 9.11. The Morgan fingerprint density at radius 2 is 2.38 bits per heavy atom. The lowest BCUT2D eigenvalue weighted by Gasteiger charge is -2.23. The summed E-state index contributed by atoms with van der Waals surface area (Å²) in [6.45, 7) is 2.37. The summed E-state index contributed by atoms with van der Waals surface area (Å²) in [5.74, 6) is 1.76. The predicted molar refractivity (Wildman–Crippen MR) is 67.3 cm³/mol. The second kappa shape index (κ2) is 5.44. The van der Waals surface area contributed by atoms with Crippen molar-refractivity contribution in [2.75, 3.05) is 7.05 Å². The summed E-state index contributed by atoms with van der Waals surface area (Å²) < 4.78 is 0. The van der Waals surface area contributed by atoms with Crippen LogP contribution >= 0.6 is 0 Å². The van der Waals surface area contributed by atoms with Crippen LogP contribution in [0, 0.1) is 11.8 Å². The molecular weight excluding hydrogens is 196 g/mol. The maximum absolute atomic E-state index is 4.19. The fourth-order valence-corrected chi connectivity index (χ4v) is 2.89. The van der Waals surface area contributed by atoms with Crippen LogP contribution in [-0.2, 0) is 6.42 Å². The molecule has 1 N–H and O–H groups in total. The van der Waals surface area contributed by atoms with Crippen molar-refractivity contribution in [1.29, 1.82) is 0 Å². The first-order valence-electron chi connectivity index (χ1n) is 6.35. The lowest BCUT2D eigenvalue weighted by molar-refractivity contribution is 0.367. The van der Waals surface area contributed by atoms with Gasteiger partial charge in [-0.1, -0.05) is 19.4 Å². The van der Waals surface area contributed by atoms with Gasteiger partial charge < -0.3 is 5.32 Å². The number of pyridine rings is 1. The average Bonchev–Trinajstić information content (AvgIpc) is 2.74. The fourth-order valence-electron chi connectivity index (χ4n) is 2.89. The Kier molecular flexibility index (Phi) is 3.94. The van der Waals surface area contributed by atoms with E-state index in [9.17, 15) is 0 Å². The molecule has 1 heterocycles. The maximum Gasteiger partial charge on any atom is 0.0300 e. The van der Waals surface area contributed by atoms with Gasteiger partial charge in [-0.3, -0.25) is 4.98 Å². The van der Waals surface area contributed by atoms with Gasteiger partial charge in [-0.15, -0.1) is 0 Å². The Morgan fingerprint density at radius 3 is 2.94 bits per heavy atom. The molecule has 3 unspecified atom stereocenters. The van der Waals surface area contributed by atoms with Gasteiger partial charge in [0, 0.05) is 18.4 Å². The maximum atomic E-state index is 4.19. The zero-order chi connectivity index (χ0) is 11.4. The van der Waals surface area contributed by atoms with Gasteiger partial charge >= 0.3 is 0 Å². The molecule has 2 heteroatoms. The van der Waals surface area contributed by atoms with E-state index in [0.29, 0.717) is 6.04 Å². The molecule has 3 atom stereocenters. The van der Waals surface area contributed by atoms with E-state index in [1.165, 1.54) is 24.8 Å². The van der Waals surface area contributed by atoms with Gasteiger partial charge in [-0.25, -0.2) is 0 Å². The predicted octanol–water partition coefficient (Wildman–Crippen LogP) is 2.65. The van der Waals surface area contributed by atoms with Crippen LogP contribution in [-0.4, -0.2) is 18.1 Å². The lowest BCUT2D eigenvalue weighted by Crippen LogP contribution is -2.34. The summed E-state index contributed by atoms with van der Waals surface area (Å²) >= 11 is 0. The largest absolute Gasteiger partial charge is 0.316 e. The average molecular weight is 218 g/mol. The van der Waals surface area contributed by atoms with Gasteiger partial charge in [-0.05, 0) is 49.8 Å². The zero-order valence-electron chi connectivity index (χ0n) is 10.3. The highest BCUT2D eigenvalue weighted by Crippen LogP contribution is 2.33. The van der Waals surface area contributed by atoms with Crippen LogP contribution in [0.3, 0.4) is 0 Å². The molecule has 1 aromatic heterocycles. The van der Waals surface area contributed by atoms with Gasteiger partial charge in [0.1, 0.15) is 0 Å². The molecule has 1 aromatic rings. The third-order valence-electron chi connectivity index (χ3n) is 3.85. The van der Waals surface area contributed by atoms with Crippen molar-refractivity contribution in [1.82, 2.24) is 10.3 Å². The van der Waals surface area contributed by atoms with Crippen LogP contribution in [0.2, 0.25) is 0 Å². The highest BCUT2D eigenvalue weighted by atomic mass is 14.9. The zero-order valence-corrected chi connectivity index (χ0v) is 10.3. The molecule has 1 aliphatic carbocycles. The van der Waals surface area contributed by atoms with Crippen LogP contribution in [0.25, 0.3) is 0 Å². The first-order chi connectivity index (χ1) is 7.79. The molecule has 2 rings (SSSR count). The summed E-state index contributed by atoms with van der Waals surface area (Å²) in [5, 5.41) is 3.49. The van der Waals surface area contributed by atoms with E-state index in [0.717, 1.165) is 18.3 Å². The van der Waals surface area contributed by atoms with Crippen LogP contribution in [0.1, 0.15) is 31.7 Å². The molecular formula is C14H22N2. The van der Waals surface area contributed by atoms with E-state index >= 15 is 0 Å². The van der Waals surface area contributed by atoms with Crippen molar-refractivity contribution in [2.24, 2.45) is 11.8 Å². The molecule has 0 spiro atoms. The molecule has 1 fully saturated rings. The Balaban J connectivity index is 1.96. The van der Waals surface area contributed by atoms with Gasteiger partial charge in [0.25, 0.3) is 0 Å². The SMILES string of the molecule is CNC(Cc1cccnc1)C1CCC(C)C1. The number of hydrogen-bond acceptors (Lipinski definition) is 2. The minimum Gasteiger partial charge on any atom is -0.316 e. The first kappa shape index (κ1) is 11.6. The highest BCUT2D eigenvalue weighted by Gasteiger charge is 2.27. The molecule has 0 amide bonds. The molecule has 0 aliphatic heterocycles. The fraction of sp³-hybridized carbons (Fsp3) is 0.643.